The molecule has 3 aromatic heterocycles. The number of nitrogens with zero attached hydrogens (tertiary/aromatic N) is 5. The molecule has 2 N–H and O–H groups in total. The minimum atomic E-state index is -2.64. The molecule has 2 aliphatic rings. The van der Waals surface area contributed by atoms with Crippen LogP contribution in [0.15, 0.2) is 37.1 Å². The Kier molecular flexibility index (Phi) is 4.42. The van der Waals surface area contributed by atoms with Gasteiger partial charge in [0.25, 0.3) is 12.3 Å². The van der Waals surface area contributed by atoms with Crippen molar-refractivity contribution in [3.63, 3.8) is 0 Å². The summed E-state index contributed by atoms with van der Waals surface area (Å²) in [6.07, 6.45) is 6.54. The second-order valence-corrected chi connectivity index (χ2v) is 8.41. The van der Waals surface area contributed by atoms with E-state index in [0.717, 1.165) is 24.7 Å². The number of halogens is 2. The van der Waals surface area contributed by atoms with Crippen LogP contribution in [-0.4, -0.2) is 55.1 Å². The van der Waals surface area contributed by atoms with Crippen LogP contribution in [0, 0.1) is 5.41 Å². The van der Waals surface area contributed by atoms with Gasteiger partial charge >= 0.3 is 6.03 Å². The summed E-state index contributed by atoms with van der Waals surface area (Å²) in [5.41, 5.74) is 1.35. The van der Waals surface area contributed by atoms with Gasteiger partial charge in [-0.1, -0.05) is 0 Å². The molecule has 0 aromatic carbocycles. The van der Waals surface area contributed by atoms with Crippen molar-refractivity contribution in [3.05, 3.63) is 48.2 Å². The third-order valence-corrected chi connectivity index (χ3v) is 6.07. The zero-order valence-electron chi connectivity index (χ0n) is 16.8. The lowest BCUT2D eigenvalue weighted by molar-refractivity contribution is -0.0582. The van der Waals surface area contributed by atoms with Crippen molar-refractivity contribution < 1.29 is 18.4 Å². The van der Waals surface area contributed by atoms with Gasteiger partial charge < -0.3 is 20.1 Å². The monoisotopic (exact) mass is 429 g/mol. The van der Waals surface area contributed by atoms with E-state index in [1.165, 1.54) is 12.3 Å². The summed E-state index contributed by atoms with van der Waals surface area (Å²) in [6, 6.07) is 0.737. The van der Waals surface area contributed by atoms with E-state index in [1.54, 1.807) is 16.9 Å². The minimum Gasteiger partial charge on any atom is -0.337 e. The van der Waals surface area contributed by atoms with Crippen molar-refractivity contribution in [2.24, 2.45) is 12.5 Å². The topological polar surface area (TPSA) is 96.6 Å². The highest BCUT2D eigenvalue weighted by Gasteiger charge is 2.54. The number of nitrogens with one attached hydrogen (secondary N) is 2. The number of hydrogen-bond acceptors (Lipinski definition) is 4. The fourth-order valence-electron chi connectivity index (χ4n) is 4.62. The summed E-state index contributed by atoms with van der Waals surface area (Å²) in [5, 5.41) is 9.61. The zero-order chi connectivity index (χ0) is 21.8. The van der Waals surface area contributed by atoms with Crippen LogP contribution in [0.2, 0.25) is 0 Å². The number of alkyl halides is 2. The van der Waals surface area contributed by atoms with E-state index in [4.69, 9.17) is 0 Å². The standard InChI is InChI=1S/C20H21F2N7O2/c1-27-2-3-29-17(27)15(9-24-29)18(30)28-10-20(11-28)5-14(6-20)26-19(31)25-13-4-12(16(21)22)7-23-8-13/h2-4,7-9,14,16H,5-6,10-11H2,1H3,(H2,25,26,31). The second-order valence-electron chi connectivity index (χ2n) is 8.41. The van der Waals surface area contributed by atoms with Crippen molar-refractivity contribution >= 4 is 23.3 Å². The van der Waals surface area contributed by atoms with Crippen LogP contribution in [0.4, 0.5) is 19.3 Å². The normalized spacial score (nSPS) is 17.6. The number of anilines is 1. The maximum atomic E-state index is 12.8. The lowest BCUT2D eigenvalue weighted by Crippen LogP contribution is -2.67. The molecule has 1 spiro atoms. The lowest BCUT2D eigenvalue weighted by Gasteiger charge is -2.58. The first-order valence-corrected chi connectivity index (χ1v) is 9.92. The fraction of sp³-hybridized carbons (Fsp3) is 0.400. The van der Waals surface area contributed by atoms with Gasteiger partial charge in [0.15, 0.2) is 0 Å². The maximum absolute atomic E-state index is 12.8. The van der Waals surface area contributed by atoms with E-state index in [1.807, 2.05) is 22.7 Å². The second kappa shape index (κ2) is 7.03. The number of aryl methyl sites for hydroxylation is 1. The van der Waals surface area contributed by atoms with E-state index < -0.39 is 12.5 Å². The molecule has 0 radical (unpaired) electrons. The molecule has 5 rings (SSSR count). The van der Waals surface area contributed by atoms with Crippen molar-refractivity contribution in [1.82, 2.24) is 29.4 Å². The summed E-state index contributed by atoms with van der Waals surface area (Å²) < 4.78 is 29.0. The van der Waals surface area contributed by atoms with Crippen LogP contribution >= 0.6 is 0 Å². The molecule has 0 atom stereocenters. The predicted molar refractivity (Wildman–Crippen MR) is 107 cm³/mol. The smallest absolute Gasteiger partial charge is 0.319 e. The molecule has 0 unspecified atom stereocenters. The fourth-order valence-corrected chi connectivity index (χ4v) is 4.62. The highest BCUT2D eigenvalue weighted by molar-refractivity contribution is 6.00. The highest BCUT2D eigenvalue weighted by Crippen LogP contribution is 2.48. The molecule has 31 heavy (non-hydrogen) atoms. The average Bonchev–Trinajstić information content (AvgIpc) is 3.25. The molecule has 2 fully saturated rings. The first-order valence-electron chi connectivity index (χ1n) is 9.92. The minimum absolute atomic E-state index is 0.0146. The van der Waals surface area contributed by atoms with Gasteiger partial charge in [-0.05, 0) is 18.9 Å². The van der Waals surface area contributed by atoms with Crippen molar-refractivity contribution in [2.45, 2.75) is 25.3 Å². The summed E-state index contributed by atoms with van der Waals surface area (Å²) >= 11 is 0. The number of carbonyl (C=O) groups is 2. The van der Waals surface area contributed by atoms with E-state index in [2.05, 4.69) is 20.7 Å². The largest absolute Gasteiger partial charge is 0.337 e. The quantitative estimate of drug-likeness (QED) is 0.666. The van der Waals surface area contributed by atoms with Gasteiger partial charge in [0.05, 0.1) is 18.1 Å². The summed E-state index contributed by atoms with van der Waals surface area (Å²) in [4.78, 5) is 30.5. The number of imidazole rings is 1. The van der Waals surface area contributed by atoms with Crippen LogP contribution in [0.1, 0.15) is 35.2 Å². The number of aromatic nitrogens is 4. The molecule has 1 aliphatic heterocycles. The molecule has 162 valence electrons. The SMILES string of the molecule is Cn1ccn2ncc(C(=O)N3CC4(CC(NC(=O)Nc5cncc(C(F)F)c5)C4)C3)c12. The zero-order valence-corrected chi connectivity index (χ0v) is 16.8. The van der Waals surface area contributed by atoms with Crippen LogP contribution in [0.3, 0.4) is 0 Å². The molecule has 1 saturated carbocycles. The van der Waals surface area contributed by atoms with Gasteiger partial charge in [0.2, 0.25) is 0 Å². The summed E-state index contributed by atoms with van der Waals surface area (Å²) in [6.45, 7) is 1.29. The molecule has 9 nitrogen and oxygen atoms in total. The number of urea groups is 1. The average molecular weight is 429 g/mol. The van der Waals surface area contributed by atoms with Crippen LogP contribution in [0.5, 0.6) is 0 Å². The number of amides is 3. The van der Waals surface area contributed by atoms with Gasteiger partial charge in [-0.15, -0.1) is 0 Å². The first-order chi connectivity index (χ1) is 14.8. The molecule has 0 bridgehead atoms. The van der Waals surface area contributed by atoms with Crippen LogP contribution in [0.25, 0.3) is 5.65 Å². The number of fused-ring (bicyclic) bond motifs is 1. The van der Waals surface area contributed by atoms with Gasteiger partial charge in [0.1, 0.15) is 11.2 Å². The number of likely N-dealkylation sites (tertiary alicyclic amines) is 1. The number of rotatable bonds is 4. The predicted octanol–water partition coefficient (Wildman–Crippen LogP) is 2.43. The third kappa shape index (κ3) is 3.39. The molecule has 3 amide bonds. The number of carbonyl (C=O) groups excluding carboxylic acids is 2. The Morgan fingerprint density at radius 1 is 1.19 bits per heavy atom. The Morgan fingerprint density at radius 2 is 1.97 bits per heavy atom. The Morgan fingerprint density at radius 3 is 2.71 bits per heavy atom. The number of hydrogen-bond donors (Lipinski definition) is 2. The van der Waals surface area contributed by atoms with Crippen LogP contribution in [-0.2, 0) is 7.05 Å². The van der Waals surface area contributed by atoms with Gasteiger partial charge in [-0.2, -0.15) is 5.10 Å². The van der Waals surface area contributed by atoms with Crippen molar-refractivity contribution in [2.75, 3.05) is 18.4 Å². The van der Waals surface area contributed by atoms with E-state index >= 15 is 0 Å². The molecule has 11 heteroatoms. The van der Waals surface area contributed by atoms with E-state index in [-0.39, 0.29) is 28.6 Å². The molecular formula is C20H21F2N7O2. The summed E-state index contributed by atoms with van der Waals surface area (Å²) in [7, 11) is 1.87. The van der Waals surface area contributed by atoms with Gasteiger partial charge in [0, 0.05) is 55.7 Å². The van der Waals surface area contributed by atoms with Gasteiger partial charge in [-0.25, -0.2) is 18.1 Å². The van der Waals surface area contributed by atoms with E-state index in [9.17, 15) is 18.4 Å². The molecule has 3 aromatic rings. The third-order valence-electron chi connectivity index (χ3n) is 6.07. The molecule has 1 aliphatic carbocycles. The Labute approximate surface area is 176 Å². The Balaban J connectivity index is 1.12. The highest BCUT2D eigenvalue weighted by atomic mass is 19.3. The van der Waals surface area contributed by atoms with Gasteiger partial charge in [-0.3, -0.25) is 9.78 Å². The molecular weight excluding hydrogens is 408 g/mol. The van der Waals surface area contributed by atoms with Crippen molar-refractivity contribution in [1.29, 1.82) is 0 Å². The lowest BCUT2D eigenvalue weighted by atomic mass is 9.60. The number of pyridine rings is 1. The van der Waals surface area contributed by atoms with Crippen molar-refractivity contribution in [3.8, 4) is 0 Å². The maximum Gasteiger partial charge on any atom is 0.319 e. The molecule has 4 heterocycles. The Hall–Kier alpha value is -3.50. The Bertz CT molecular complexity index is 1160. The molecule has 1 saturated heterocycles. The summed E-state index contributed by atoms with van der Waals surface area (Å²) in [5.74, 6) is -0.0389. The van der Waals surface area contributed by atoms with Crippen LogP contribution < -0.4 is 10.6 Å². The van der Waals surface area contributed by atoms with E-state index in [0.29, 0.717) is 18.7 Å². The first kappa shape index (κ1) is 19.5.